The fourth-order valence-electron chi connectivity index (χ4n) is 2.09. The average Bonchev–Trinajstić information content (AvgIpc) is 2.31. The Hall–Kier alpha value is -0.800. The zero-order valence-electron chi connectivity index (χ0n) is 9.62. The number of nitrogens with zero attached hydrogens (tertiary/aromatic N) is 2. The summed E-state index contributed by atoms with van der Waals surface area (Å²) in [6.07, 6.45) is 2.20. The molecule has 0 radical (unpaired) electrons. The Morgan fingerprint density at radius 3 is 2.94 bits per heavy atom. The highest BCUT2D eigenvalue weighted by molar-refractivity contribution is 6.34. The minimum atomic E-state index is -0.121. The second-order valence-electron chi connectivity index (χ2n) is 4.46. The van der Waals surface area contributed by atoms with Crippen molar-refractivity contribution in [2.75, 3.05) is 13.1 Å². The summed E-state index contributed by atoms with van der Waals surface area (Å²) in [5, 5.41) is 0.653. The molecule has 3 nitrogen and oxygen atoms in total. The predicted octanol–water partition coefficient (Wildman–Crippen LogP) is 3.26. The van der Waals surface area contributed by atoms with Gasteiger partial charge < -0.3 is 4.90 Å². The molecule has 0 aliphatic carbocycles. The number of carbonyl (C=O) groups excluding carboxylic acids is 1. The van der Waals surface area contributed by atoms with Crippen LogP contribution in [0.25, 0.3) is 0 Å². The largest absolute Gasteiger partial charge is 0.337 e. The molecule has 1 saturated heterocycles. The lowest BCUT2D eigenvalue weighted by atomic mass is 10.00. The third-order valence-corrected chi connectivity index (χ3v) is 3.47. The predicted molar refractivity (Wildman–Crippen MR) is 68.6 cm³/mol. The van der Waals surface area contributed by atoms with Crippen LogP contribution < -0.4 is 0 Å². The van der Waals surface area contributed by atoms with Crippen molar-refractivity contribution >= 4 is 29.1 Å². The van der Waals surface area contributed by atoms with Gasteiger partial charge in [0.1, 0.15) is 10.8 Å². The minimum Gasteiger partial charge on any atom is -0.337 e. The van der Waals surface area contributed by atoms with Gasteiger partial charge in [-0.15, -0.1) is 0 Å². The Bertz CT molecular complexity index is 437. The van der Waals surface area contributed by atoms with Crippen LogP contribution in [0.3, 0.4) is 0 Å². The van der Waals surface area contributed by atoms with E-state index in [1.165, 1.54) is 6.42 Å². The number of hydrogen-bond donors (Lipinski definition) is 0. The third-order valence-electron chi connectivity index (χ3n) is 2.96. The van der Waals surface area contributed by atoms with E-state index < -0.39 is 0 Å². The van der Waals surface area contributed by atoms with Gasteiger partial charge >= 0.3 is 0 Å². The first kappa shape index (κ1) is 12.7. The Labute approximate surface area is 111 Å². The molecule has 1 fully saturated rings. The lowest BCUT2D eigenvalue weighted by Gasteiger charge is -2.30. The Morgan fingerprint density at radius 2 is 2.24 bits per heavy atom. The molecule has 0 bridgehead atoms. The van der Waals surface area contributed by atoms with Gasteiger partial charge in [0.15, 0.2) is 0 Å². The summed E-state index contributed by atoms with van der Waals surface area (Å²) in [6.45, 7) is 3.68. The summed E-state index contributed by atoms with van der Waals surface area (Å²) in [5.74, 6) is 0.412. The van der Waals surface area contributed by atoms with Crippen LogP contribution in [0, 0.1) is 5.92 Å². The molecule has 1 aliphatic heterocycles. The molecule has 1 aromatic rings. The maximum absolute atomic E-state index is 12.2. The van der Waals surface area contributed by atoms with Crippen LogP contribution >= 0.6 is 23.2 Å². The summed E-state index contributed by atoms with van der Waals surface area (Å²) >= 11 is 11.8. The molecule has 1 unspecified atom stereocenters. The van der Waals surface area contributed by atoms with Crippen LogP contribution in [0.1, 0.15) is 30.3 Å². The SMILES string of the molecule is CC1CCCN(C(=O)c2nc(Cl)ccc2Cl)C1. The molecule has 2 heterocycles. The van der Waals surface area contributed by atoms with Crippen LogP contribution in [-0.4, -0.2) is 28.9 Å². The molecule has 1 atom stereocenters. The second-order valence-corrected chi connectivity index (χ2v) is 5.26. The second kappa shape index (κ2) is 5.23. The van der Waals surface area contributed by atoms with Crippen molar-refractivity contribution in [3.05, 3.63) is 28.0 Å². The molecular weight excluding hydrogens is 259 g/mol. The van der Waals surface area contributed by atoms with E-state index in [0.717, 1.165) is 19.5 Å². The summed E-state index contributed by atoms with van der Waals surface area (Å²) in [5.41, 5.74) is 0.258. The van der Waals surface area contributed by atoms with E-state index in [1.807, 2.05) is 0 Å². The van der Waals surface area contributed by atoms with Gasteiger partial charge in [-0.2, -0.15) is 0 Å². The minimum absolute atomic E-state index is 0.121. The Balaban J connectivity index is 2.21. The number of hydrogen-bond acceptors (Lipinski definition) is 2. The van der Waals surface area contributed by atoms with Gasteiger partial charge in [0.05, 0.1) is 5.02 Å². The van der Waals surface area contributed by atoms with Gasteiger partial charge in [-0.3, -0.25) is 4.79 Å². The molecule has 1 amide bonds. The standard InChI is InChI=1S/C12H14Cl2N2O/c1-8-3-2-6-16(7-8)12(17)11-9(13)4-5-10(14)15-11/h4-5,8H,2-3,6-7H2,1H3. The van der Waals surface area contributed by atoms with E-state index in [4.69, 9.17) is 23.2 Å². The maximum Gasteiger partial charge on any atom is 0.274 e. The number of likely N-dealkylation sites (tertiary alicyclic amines) is 1. The van der Waals surface area contributed by atoms with Crippen molar-refractivity contribution < 1.29 is 4.79 Å². The molecule has 0 spiro atoms. The van der Waals surface area contributed by atoms with Crippen LogP contribution in [-0.2, 0) is 0 Å². The van der Waals surface area contributed by atoms with E-state index in [0.29, 0.717) is 16.1 Å². The van der Waals surface area contributed by atoms with Gasteiger partial charge in [0, 0.05) is 13.1 Å². The number of carbonyl (C=O) groups is 1. The van der Waals surface area contributed by atoms with Crippen LogP contribution in [0.5, 0.6) is 0 Å². The molecule has 17 heavy (non-hydrogen) atoms. The van der Waals surface area contributed by atoms with Crippen molar-refractivity contribution in [1.82, 2.24) is 9.88 Å². The van der Waals surface area contributed by atoms with Crippen molar-refractivity contribution in [2.45, 2.75) is 19.8 Å². The van der Waals surface area contributed by atoms with Gasteiger partial charge in [0.25, 0.3) is 5.91 Å². The number of rotatable bonds is 1. The quantitative estimate of drug-likeness (QED) is 0.736. The Kier molecular flexibility index (Phi) is 3.89. The summed E-state index contributed by atoms with van der Waals surface area (Å²) in [7, 11) is 0. The first-order chi connectivity index (χ1) is 8.08. The highest BCUT2D eigenvalue weighted by atomic mass is 35.5. The van der Waals surface area contributed by atoms with E-state index >= 15 is 0 Å². The average molecular weight is 273 g/mol. The number of amides is 1. The smallest absolute Gasteiger partial charge is 0.274 e. The highest BCUT2D eigenvalue weighted by Crippen LogP contribution is 2.22. The highest BCUT2D eigenvalue weighted by Gasteiger charge is 2.24. The number of halogens is 2. The van der Waals surface area contributed by atoms with Crippen LogP contribution in [0.15, 0.2) is 12.1 Å². The topological polar surface area (TPSA) is 33.2 Å². The first-order valence-corrected chi connectivity index (χ1v) is 6.45. The lowest BCUT2D eigenvalue weighted by molar-refractivity contribution is 0.0677. The van der Waals surface area contributed by atoms with E-state index in [-0.39, 0.29) is 11.6 Å². The normalized spacial score (nSPS) is 20.4. The van der Waals surface area contributed by atoms with E-state index in [9.17, 15) is 4.79 Å². The summed E-state index contributed by atoms with van der Waals surface area (Å²) in [4.78, 5) is 18.1. The molecule has 2 rings (SSSR count). The van der Waals surface area contributed by atoms with Crippen LogP contribution in [0.4, 0.5) is 0 Å². The van der Waals surface area contributed by atoms with E-state index in [1.54, 1.807) is 17.0 Å². The maximum atomic E-state index is 12.2. The number of aromatic nitrogens is 1. The van der Waals surface area contributed by atoms with Crippen molar-refractivity contribution in [3.63, 3.8) is 0 Å². The van der Waals surface area contributed by atoms with Gasteiger partial charge in [-0.1, -0.05) is 30.1 Å². The number of pyridine rings is 1. The molecule has 0 N–H and O–H groups in total. The molecule has 92 valence electrons. The fourth-order valence-corrected chi connectivity index (χ4v) is 2.43. The molecular formula is C12H14Cl2N2O. The fraction of sp³-hybridized carbons (Fsp3) is 0.500. The Morgan fingerprint density at radius 1 is 1.47 bits per heavy atom. The van der Waals surface area contributed by atoms with Crippen molar-refractivity contribution in [1.29, 1.82) is 0 Å². The third kappa shape index (κ3) is 2.90. The summed E-state index contributed by atoms with van der Waals surface area (Å²) < 4.78 is 0. The monoisotopic (exact) mass is 272 g/mol. The summed E-state index contributed by atoms with van der Waals surface area (Å²) in [6, 6.07) is 3.19. The lowest BCUT2D eigenvalue weighted by Crippen LogP contribution is -2.39. The van der Waals surface area contributed by atoms with Crippen molar-refractivity contribution in [2.24, 2.45) is 5.92 Å². The van der Waals surface area contributed by atoms with Gasteiger partial charge in [-0.05, 0) is 30.9 Å². The van der Waals surface area contributed by atoms with Crippen LogP contribution in [0.2, 0.25) is 10.2 Å². The van der Waals surface area contributed by atoms with Crippen molar-refractivity contribution in [3.8, 4) is 0 Å². The van der Waals surface area contributed by atoms with E-state index in [2.05, 4.69) is 11.9 Å². The molecule has 0 saturated carbocycles. The first-order valence-electron chi connectivity index (χ1n) is 5.69. The van der Waals surface area contributed by atoms with Gasteiger partial charge in [0.2, 0.25) is 0 Å². The zero-order chi connectivity index (χ0) is 12.4. The molecule has 0 aromatic carbocycles. The number of piperidine rings is 1. The van der Waals surface area contributed by atoms with Gasteiger partial charge in [-0.25, -0.2) is 4.98 Å². The molecule has 5 heteroatoms. The molecule has 1 aliphatic rings. The molecule has 1 aromatic heterocycles. The zero-order valence-corrected chi connectivity index (χ0v) is 11.1.